The van der Waals surface area contributed by atoms with E-state index in [1.807, 2.05) is 23.5 Å². The van der Waals surface area contributed by atoms with Gasteiger partial charge in [0.25, 0.3) is 0 Å². The molecule has 0 unspecified atom stereocenters. The fraction of sp³-hybridized carbons (Fsp3) is 0. The minimum atomic E-state index is 0.763. The summed E-state index contributed by atoms with van der Waals surface area (Å²) in [7, 11) is 0. The maximum Gasteiger partial charge on any atom is 0.0498 e. The van der Waals surface area contributed by atoms with E-state index in [4.69, 9.17) is 11.6 Å². The second-order valence-electron chi connectivity index (χ2n) is 4.91. The van der Waals surface area contributed by atoms with Crippen molar-refractivity contribution >= 4 is 59.0 Å². The van der Waals surface area contributed by atoms with Gasteiger partial charge in [-0.3, -0.25) is 0 Å². The molecule has 0 radical (unpaired) electrons. The second kappa shape index (κ2) is 5.13. The summed E-state index contributed by atoms with van der Waals surface area (Å²) in [6, 6.07) is 21.0. The fourth-order valence-electron chi connectivity index (χ4n) is 2.67. The molecule has 102 valence electrons. The standard InChI is InChI=1S/C18H10BrClS/c19-16-10-12(20)9-15-14-8-4-7-13(17(14)21-18(15)16)11-5-2-1-3-6-11/h1-10H. The van der Waals surface area contributed by atoms with Crippen LogP contribution in [-0.4, -0.2) is 0 Å². The van der Waals surface area contributed by atoms with Crippen LogP contribution in [0.25, 0.3) is 31.3 Å². The van der Waals surface area contributed by atoms with Crippen LogP contribution in [0.5, 0.6) is 0 Å². The normalized spacial score (nSPS) is 11.3. The topological polar surface area (TPSA) is 0 Å². The van der Waals surface area contributed by atoms with Crippen molar-refractivity contribution in [2.24, 2.45) is 0 Å². The van der Waals surface area contributed by atoms with Crippen LogP contribution < -0.4 is 0 Å². The molecule has 1 heterocycles. The molecule has 1 aromatic heterocycles. The van der Waals surface area contributed by atoms with Gasteiger partial charge in [0.15, 0.2) is 0 Å². The van der Waals surface area contributed by atoms with Crippen molar-refractivity contribution in [1.82, 2.24) is 0 Å². The van der Waals surface area contributed by atoms with E-state index < -0.39 is 0 Å². The van der Waals surface area contributed by atoms with Crippen molar-refractivity contribution in [3.63, 3.8) is 0 Å². The molecule has 3 aromatic carbocycles. The molecule has 0 atom stereocenters. The monoisotopic (exact) mass is 372 g/mol. The fourth-order valence-corrected chi connectivity index (χ4v) is 4.95. The van der Waals surface area contributed by atoms with Gasteiger partial charge in [0.1, 0.15) is 0 Å². The van der Waals surface area contributed by atoms with Gasteiger partial charge in [0, 0.05) is 29.7 Å². The highest BCUT2D eigenvalue weighted by molar-refractivity contribution is 9.10. The first kappa shape index (κ1) is 13.3. The van der Waals surface area contributed by atoms with Gasteiger partial charge in [-0.25, -0.2) is 0 Å². The van der Waals surface area contributed by atoms with Crippen LogP contribution in [0.15, 0.2) is 65.1 Å². The predicted molar refractivity (Wildman–Crippen MR) is 97.5 cm³/mol. The Labute approximate surface area is 140 Å². The Morgan fingerprint density at radius 1 is 0.810 bits per heavy atom. The first-order valence-corrected chi connectivity index (χ1v) is 8.58. The third-order valence-corrected chi connectivity index (χ3v) is 6.00. The Morgan fingerprint density at radius 2 is 1.62 bits per heavy atom. The van der Waals surface area contributed by atoms with Crippen molar-refractivity contribution in [2.45, 2.75) is 0 Å². The van der Waals surface area contributed by atoms with Gasteiger partial charge in [0.05, 0.1) is 0 Å². The molecule has 0 spiro atoms. The quantitative estimate of drug-likeness (QED) is 0.332. The average Bonchev–Trinajstić information content (AvgIpc) is 2.87. The minimum absolute atomic E-state index is 0.763. The SMILES string of the molecule is Clc1cc(Br)c2sc3c(-c4ccccc4)cccc3c2c1. The van der Waals surface area contributed by atoms with E-state index in [0.29, 0.717) is 0 Å². The summed E-state index contributed by atoms with van der Waals surface area (Å²) < 4.78 is 3.62. The second-order valence-corrected chi connectivity index (χ2v) is 7.23. The third-order valence-electron chi connectivity index (χ3n) is 3.60. The van der Waals surface area contributed by atoms with Crippen molar-refractivity contribution in [3.05, 3.63) is 70.2 Å². The molecule has 4 aromatic rings. The maximum atomic E-state index is 6.21. The first-order valence-electron chi connectivity index (χ1n) is 6.60. The zero-order valence-electron chi connectivity index (χ0n) is 10.9. The van der Waals surface area contributed by atoms with E-state index in [9.17, 15) is 0 Å². The van der Waals surface area contributed by atoms with Gasteiger partial charge in [-0.05, 0) is 39.2 Å². The molecule has 21 heavy (non-hydrogen) atoms. The molecule has 0 aliphatic rings. The summed E-state index contributed by atoms with van der Waals surface area (Å²) in [5.41, 5.74) is 2.52. The lowest BCUT2D eigenvalue weighted by molar-refractivity contribution is 1.67. The average molecular weight is 374 g/mol. The number of halogens is 2. The number of fused-ring (bicyclic) bond motifs is 3. The highest BCUT2D eigenvalue weighted by atomic mass is 79.9. The third kappa shape index (κ3) is 2.18. The molecule has 0 amide bonds. The van der Waals surface area contributed by atoms with Gasteiger partial charge < -0.3 is 0 Å². The van der Waals surface area contributed by atoms with E-state index >= 15 is 0 Å². The van der Waals surface area contributed by atoms with Crippen molar-refractivity contribution in [2.75, 3.05) is 0 Å². The Bertz CT molecular complexity index is 957. The smallest absolute Gasteiger partial charge is 0.0498 e. The van der Waals surface area contributed by atoms with E-state index in [2.05, 4.69) is 64.5 Å². The molecule has 3 heteroatoms. The molecule has 0 bridgehead atoms. The number of thiophene rings is 1. The first-order chi connectivity index (χ1) is 10.2. The van der Waals surface area contributed by atoms with Gasteiger partial charge in [-0.1, -0.05) is 60.1 Å². The summed E-state index contributed by atoms with van der Waals surface area (Å²) >= 11 is 11.7. The zero-order chi connectivity index (χ0) is 14.4. The number of rotatable bonds is 1. The van der Waals surface area contributed by atoms with E-state index in [-0.39, 0.29) is 0 Å². The Balaban J connectivity index is 2.14. The highest BCUT2D eigenvalue weighted by Gasteiger charge is 2.12. The molecular formula is C18H10BrClS. The number of benzene rings is 3. The number of hydrogen-bond donors (Lipinski definition) is 0. The van der Waals surface area contributed by atoms with Crippen molar-refractivity contribution in [3.8, 4) is 11.1 Å². The molecule has 0 saturated heterocycles. The summed E-state index contributed by atoms with van der Waals surface area (Å²) in [6.07, 6.45) is 0. The van der Waals surface area contributed by atoms with Gasteiger partial charge in [-0.2, -0.15) is 0 Å². The van der Waals surface area contributed by atoms with Gasteiger partial charge in [-0.15, -0.1) is 11.3 Å². The Hall–Kier alpha value is -1.35. The summed E-state index contributed by atoms with van der Waals surface area (Å²) in [6.45, 7) is 0. The van der Waals surface area contributed by atoms with Crippen LogP contribution in [-0.2, 0) is 0 Å². The van der Waals surface area contributed by atoms with Crippen molar-refractivity contribution < 1.29 is 0 Å². The zero-order valence-corrected chi connectivity index (χ0v) is 14.1. The minimum Gasteiger partial charge on any atom is -0.133 e. The molecule has 0 nitrogen and oxygen atoms in total. The highest BCUT2D eigenvalue weighted by Crippen LogP contribution is 2.43. The Morgan fingerprint density at radius 3 is 2.43 bits per heavy atom. The Kier molecular flexibility index (Phi) is 3.26. The van der Waals surface area contributed by atoms with Crippen LogP contribution in [0.1, 0.15) is 0 Å². The van der Waals surface area contributed by atoms with E-state index in [0.717, 1.165) is 9.50 Å². The molecule has 0 aliphatic heterocycles. The van der Waals surface area contributed by atoms with Crippen LogP contribution >= 0.6 is 38.9 Å². The lowest BCUT2D eigenvalue weighted by Crippen LogP contribution is -1.76. The lowest BCUT2D eigenvalue weighted by Gasteiger charge is -2.02. The predicted octanol–water partition coefficient (Wildman–Crippen LogP) is 7.14. The summed E-state index contributed by atoms with van der Waals surface area (Å²) in [4.78, 5) is 0. The maximum absolute atomic E-state index is 6.21. The van der Waals surface area contributed by atoms with Crippen LogP contribution in [0.3, 0.4) is 0 Å². The number of hydrogen-bond acceptors (Lipinski definition) is 1. The van der Waals surface area contributed by atoms with Crippen molar-refractivity contribution in [1.29, 1.82) is 0 Å². The molecule has 0 N–H and O–H groups in total. The van der Waals surface area contributed by atoms with Crippen LogP contribution in [0.4, 0.5) is 0 Å². The lowest BCUT2D eigenvalue weighted by atomic mass is 10.0. The van der Waals surface area contributed by atoms with Gasteiger partial charge in [0.2, 0.25) is 0 Å². The van der Waals surface area contributed by atoms with Crippen LogP contribution in [0, 0.1) is 0 Å². The molecule has 0 fully saturated rings. The van der Waals surface area contributed by atoms with Crippen LogP contribution in [0.2, 0.25) is 5.02 Å². The largest absolute Gasteiger partial charge is 0.133 e. The van der Waals surface area contributed by atoms with E-state index in [1.54, 1.807) is 0 Å². The summed E-state index contributed by atoms with van der Waals surface area (Å²) in [5.74, 6) is 0. The molecular weight excluding hydrogens is 364 g/mol. The molecule has 0 saturated carbocycles. The summed E-state index contributed by atoms with van der Waals surface area (Å²) in [5, 5.41) is 3.24. The van der Waals surface area contributed by atoms with Gasteiger partial charge >= 0.3 is 0 Å². The molecule has 0 aliphatic carbocycles. The van der Waals surface area contributed by atoms with E-state index in [1.165, 1.54) is 31.3 Å². The molecule has 4 rings (SSSR count).